The van der Waals surface area contributed by atoms with Crippen molar-refractivity contribution in [2.75, 3.05) is 14.1 Å². The van der Waals surface area contributed by atoms with Crippen LogP contribution in [-0.2, 0) is 10.0 Å². The molecule has 0 radical (unpaired) electrons. The quantitative estimate of drug-likeness (QED) is 0.547. The second kappa shape index (κ2) is 8.25. The summed E-state index contributed by atoms with van der Waals surface area (Å²) in [5.41, 5.74) is 2.77. The molecule has 0 unspecified atom stereocenters. The van der Waals surface area contributed by atoms with Crippen molar-refractivity contribution in [3.8, 4) is 17.3 Å². The molecule has 0 aliphatic carbocycles. The second-order valence-electron chi connectivity index (χ2n) is 6.07. The van der Waals surface area contributed by atoms with Crippen molar-refractivity contribution in [2.45, 2.75) is 4.90 Å². The van der Waals surface area contributed by atoms with E-state index in [-0.39, 0.29) is 4.90 Å². The van der Waals surface area contributed by atoms with Gasteiger partial charge in [0.25, 0.3) is 0 Å². The summed E-state index contributed by atoms with van der Waals surface area (Å²) in [6.07, 6.45) is 1.76. The van der Waals surface area contributed by atoms with Crippen LogP contribution in [0.3, 0.4) is 0 Å². The predicted octanol–water partition coefficient (Wildman–Crippen LogP) is 4.78. The molecule has 2 aromatic carbocycles. The third kappa shape index (κ3) is 4.32. The van der Waals surface area contributed by atoms with Gasteiger partial charge in [-0.3, -0.25) is 0 Å². The monoisotopic (exact) mass is 429 g/mol. The van der Waals surface area contributed by atoms with Gasteiger partial charge >= 0.3 is 0 Å². The molecule has 8 heteroatoms. The highest BCUT2D eigenvalue weighted by Crippen LogP contribution is 2.28. The Labute approximate surface area is 173 Å². The molecule has 0 fully saturated rings. The molecular formula is C20H16ClN3O2S2. The van der Waals surface area contributed by atoms with E-state index in [0.717, 1.165) is 11.1 Å². The second-order valence-corrected chi connectivity index (χ2v) is 9.52. The van der Waals surface area contributed by atoms with Gasteiger partial charge in [0.15, 0.2) is 0 Å². The average Bonchev–Trinajstić information content (AvgIpc) is 3.17. The van der Waals surface area contributed by atoms with E-state index in [1.165, 1.54) is 29.7 Å². The van der Waals surface area contributed by atoms with E-state index >= 15 is 0 Å². The largest absolute Gasteiger partial charge is 0.242 e. The van der Waals surface area contributed by atoms with E-state index in [1.54, 1.807) is 42.5 Å². The average molecular weight is 430 g/mol. The number of allylic oxidation sites excluding steroid dienone is 1. The molecule has 0 aliphatic rings. The van der Waals surface area contributed by atoms with Gasteiger partial charge in [0.1, 0.15) is 11.1 Å². The van der Waals surface area contributed by atoms with Crippen LogP contribution in [0.15, 0.2) is 58.8 Å². The number of nitriles is 1. The maximum absolute atomic E-state index is 12.2. The number of benzene rings is 2. The molecule has 3 rings (SSSR count). The fourth-order valence-corrected chi connectivity index (χ4v) is 4.23. The van der Waals surface area contributed by atoms with Crippen molar-refractivity contribution in [3.63, 3.8) is 0 Å². The molecule has 0 bridgehead atoms. The first-order chi connectivity index (χ1) is 13.3. The van der Waals surface area contributed by atoms with Crippen LogP contribution in [0.25, 0.3) is 22.9 Å². The fraction of sp³-hybridized carbons (Fsp3) is 0.100. The first-order valence-corrected chi connectivity index (χ1v) is 10.9. The van der Waals surface area contributed by atoms with Crippen LogP contribution in [0, 0.1) is 11.3 Å². The summed E-state index contributed by atoms with van der Waals surface area (Å²) in [6, 6.07) is 15.9. The third-order valence-electron chi connectivity index (χ3n) is 3.96. The molecule has 0 aliphatic heterocycles. The van der Waals surface area contributed by atoms with E-state index in [1.807, 2.05) is 17.5 Å². The summed E-state index contributed by atoms with van der Waals surface area (Å²) >= 11 is 7.25. The third-order valence-corrected chi connectivity index (χ3v) is 6.92. The van der Waals surface area contributed by atoms with Crippen LogP contribution in [0.5, 0.6) is 0 Å². The van der Waals surface area contributed by atoms with Gasteiger partial charge in [0.2, 0.25) is 10.0 Å². The number of nitrogens with zero attached hydrogens (tertiary/aromatic N) is 3. The van der Waals surface area contributed by atoms with Gasteiger partial charge in [0, 0.05) is 30.1 Å². The zero-order valence-corrected chi connectivity index (χ0v) is 17.5. The van der Waals surface area contributed by atoms with Gasteiger partial charge in [-0.2, -0.15) is 5.26 Å². The highest BCUT2D eigenvalue weighted by Gasteiger charge is 2.17. The van der Waals surface area contributed by atoms with E-state index in [9.17, 15) is 13.7 Å². The molecule has 1 heterocycles. The summed E-state index contributed by atoms with van der Waals surface area (Å²) < 4.78 is 25.5. The Bertz CT molecular complexity index is 1160. The highest BCUT2D eigenvalue weighted by molar-refractivity contribution is 7.89. The summed E-state index contributed by atoms with van der Waals surface area (Å²) in [4.78, 5) is 4.75. The number of hydrogen-bond donors (Lipinski definition) is 0. The Hall–Kier alpha value is -2.50. The van der Waals surface area contributed by atoms with Crippen LogP contribution in [0.1, 0.15) is 10.6 Å². The number of sulfonamides is 1. The molecular weight excluding hydrogens is 414 g/mol. The molecule has 0 amide bonds. The summed E-state index contributed by atoms with van der Waals surface area (Å²) in [7, 11) is -0.487. The minimum absolute atomic E-state index is 0.219. The van der Waals surface area contributed by atoms with Gasteiger partial charge in [-0.05, 0) is 35.9 Å². The molecule has 0 saturated heterocycles. The van der Waals surface area contributed by atoms with Gasteiger partial charge in [-0.15, -0.1) is 11.3 Å². The summed E-state index contributed by atoms with van der Waals surface area (Å²) in [5, 5.41) is 12.6. The summed E-state index contributed by atoms with van der Waals surface area (Å²) in [6.45, 7) is 0. The molecule has 5 nitrogen and oxygen atoms in total. The van der Waals surface area contributed by atoms with Crippen molar-refractivity contribution in [1.82, 2.24) is 9.29 Å². The van der Waals surface area contributed by atoms with Crippen molar-refractivity contribution in [3.05, 3.63) is 69.5 Å². The zero-order chi connectivity index (χ0) is 20.3. The molecule has 0 atom stereocenters. The number of hydrogen-bond acceptors (Lipinski definition) is 5. The molecule has 142 valence electrons. The first kappa shape index (κ1) is 20.2. The van der Waals surface area contributed by atoms with Crippen molar-refractivity contribution in [2.24, 2.45) is 0 Å². The lowest BCUT2D eigenvalue weighted by Gasteiger charge is -2.11. The van der Waals surface area contributed by atoms with Crippen LogP contribution < -0.4 is 0 Å². The molecule has 0 spiro atoms. The van der Waals surface area contributed by atoms with E-state index in [2.05, 4.69) is 11.1 Å². The standard InChI is InChI=1S/C20H16ClN3O2S2/c1-24(2)28(25,26)18-9-5-15(6-10-18)19-13-27-20(23-19)16(12-22)11-14-3-7-17(21)8-4-14/h3-11,13H,1-2H3/b16-11-. The molecule has 0 N–H and O–H groups in total. The molecule has 0 saturated carbocycles. The number of halogens is 1. The number of rotatable bonds is 5. The SMILES string of the molecule is CN(C)S(=O)(=O)c1ccc(-c2csc(/C(C#N)=C\c3ccc(Cl)cc3)n2)cc1. The van der Waals surface area contributed by atoms with Crippen LogP contribution in [0.4, 0.5) is 0 Å². The van der Waals surface area contributed by atoms with Crippen LogP contribution in [0.2, 0.25) is 5.02 Å². The van der Waals surface area contributed by atoms with E-state index < -0.39 is 10.0 Å². The smallest absolute Gasteiger partial charge is 0.235 e. The zero-order valence-electron chi connectivity index (χ0n) is 15.1. The summed E-state index contributed by atoms with van der Waals surface area (Å²) in [5.74, 6) is 0. The van der Waals surface area contributed by atoms with Gasteiger partial charge in [-0.1, -0.05) is 35.9 Å². The fourth-order valence-electron chi connectivity index (χ4n) is 2.41. The maximum atomic E-state index is 12.2. The molecule has 3 aromatic rings. The minimum Gasteiger partial charge on any atom is -0.235 e. The van der Waals surface area contributed by atoms with Gasteiger partial charge in [0.05, 0.1) is 16.2 Å². The van der Waals surface area contributed by atoms with E-state index in [0.29, 0.717) is 21.3 Å². The molecule has 1 aromatic heterocycles. The van der Waals surface area contributed by atoms with Crippen molar-refractivity contribution >= 4 is 44.6 Å². The lowest BCUT2D eigenvalue weighted by atomic mass is 10.1. The Morgan fingerprint density at radius 2 is 1.79 bits per heavy atom. The predicted molar refractivity (Wildman–Crippen MR) is 113 cm³/mol. The Balaban J connectivity index is 1.89. The van der Waals surface area contributed by atoms with Crippen molar-refractivity contribution in [1.29, 1.82) is 5.26 Å². The number of aromatic nitrogens is 1. The maximum Gasteiger partial charge on any atom is 0.242 e. The first-order valence-electron chi connectivity index (χ1n) is 8.17. The van der Waals surface area contributed by atoms with Crippen LogP contribution >= 0.6 is 22.9 Å². The lowest BCUT2D eigenvalue weighted by Crippen LogP contribution is -2.22. The minimum atomic E-state index is -3.47. The number of thiazole rings is 1. The van der Waals surface area contributed by atoms with Crippen molar-refractivity contribution < 1.29 is 8.42 Å². The Kier molecular flexibility index (Phi) is 5.96. The van der Waals surface area contributed by atoms with Gasteiger partial charge in [-0.25, -0.2) is 17.7 Å². The van der Waals surface area contributed by atoms with Crippen LogP contribution in [-0.4, -0.2) is 31.8 Å². The normalized spacial score (nSPS) is 12.2. The topological polar surface area (TPSA) is 74.1 Å². The Morgan fingerprint density at radius 1 is 1.14 bits per heavy atom. The van der Waals surface area contributed by atoms with Gasteiger partial charge < -0.3 is 0 Å². The molecule has 28 heavy (non-hydrogen) atoms. The van der Waals surface area contributed by atoms with E-state index in [4.69, 9.17) is 11.6 Å². The lowest BCUT2D eigenvalue weighted by molar-refractivity contribution is 0.521. The Morgan fingerprint density at radius 3 is 2.36 bits per heavy atom. The highest BCUT2D eigenvalue weighted by atomic mass is 35.5.